The quantitative estimate of drug-likeness (QED) is 0.123. The molecule has 0 N–H and O–H groups in total. The van der Waals surface area contributed by atoms with Gasteiger partial charge in [0.1, 0.15) is 5.82 Å². The largest absolute Gasteiger partial charge is 0.510 e. The molecule has 0 radical (unpaired) electrons. The summed E-state index contributed by atoms with van der Waals surface area (Å²) < 4.78 is 16.5. The van der Waals surface area contributed by atoms with Crippen LogP contribution in [0, 0.1) is 18.5 Å². The number of para-hydroxylation sites is 3. The molecule has 14 aromatic rings. The molecule has 1 aliphatic heterocycles. The molecule has 0 spiro atoms. The van der Waals surface area contributed by atoms with Crippen LogP contribution in [0.15, 0.2) is 200 Å². The minimum atomic E-state index is -0.225. The minimum Gasteiger partial charge on any atom is -0.510 e. The molecule has 488 valence electrons. The van der Waals surface area contributed by atoms with Gasteiger partial charge in [-0.1, -0.05) is 232 Å². The van der Waals surface area contributed by atoms with Crippen LogP contribution in [0.3, 0.4) is 0 Å². The molecule has 6 nitrogen and oxygen atoms in total. The van der Waals surface area contributed by atoms with Gasteiger partial charge in [0.15, 0.2) is 0 Å². The maximum absolute atomic E-state index is 7.07. The van der Waals surface area contributed by atoms with Gasteiger partial charge in [-0.2, -0.15) is 18.2 Å². The van der Waals surface area contributed by atoms with Gasteiger partial charge >= 0.3 is 0 Å². The Morgan fingerprint density at radius 3 is 1.54 bits per heavy atom. The first-order chi connectivity index (χ1) is 45.6. The van der Waals surface area contributed by atoms with Crippen LogP contribution in [0.4, 0.5) is 0 Å². The topological polar surface area (TPSA) is 40.8 Å². The van der Waals surface area contributed by atoms with Gasteiger partial charge < -0.3 is 18.4 Å². The second kappa shape index (κ2) is 22.5. The zero-order valence-electron chi connectivity index (χ0n) is 58.9. The van der Waals surface area contributed by atoms with Crippen LogP contribution in [0.2, 0.25) is 0 Å². The van der Waals surface area contributed by atoms with E-state index in [1.165, 1.54) is 72.0 Å². The molecule has 0 bridgehead atoms. The summed E-state index contributed by atoms with van der Waals surface area (Å²) in [5, 5.41) is 4.62. The van der Waals surface area contributed by atoms with Crippen LogP contribution in [-0.4, -0.2) is 18.7 Å². The monoisotopic (exact) mass is 1450 g/mol. The normalized spacial score (nSPS) is 14.4. The van der Waals surface area contributed by atoms with Crippen molar-refractivity contribution < 1.29 is 30.4 Å². The van der Waals surface area contributed by atoms with Gasteiger partial charge in [0, 0.05) is 60.7 Å². The number of rotatable bonds is 6. The average molecular weight is 1450 g/mol. The van der Waals surface area contributed by atoms with Crippen molar-refractivity contribution in [2.75, 3.05) is 0 Å². The first-order valence-corrected chi connectivity index (χ1v) is 34.4. The van der Waals surface area contributed by atoms with Crippen molar-refractivity contribution in [2.24, 2.45) is 0 Å². The van der Waals surface area contributed by atoms with Crippen molar-refractivity contribution in [1.29, 1.82) is 0 Å². The smallest absolute Gasteiger partial charge is 0.268 e. The molecule has 0 unspecified atom stereocenters. The number of hydrogen-bond donors (Lipinski definition) is 0. The zero-order chi connectivity index (χ0) is 66.9. The number of pyridine rings is 1. The third-order valence-electron chi connectivity index (χ3n) is 21.2. The van der Waals surface area contributed by atoms with E-state index in [4.69, 9.17) is 9.72 Å². The molecular weight excluding hydrogens is 1360 g/mol. The Balaban J connectivity index is 0.00000770. The average Bonchev–Trinajstić information content (AvgIpc) is 1.66. The molecule has 4 aromatic heterocycles. The van der Waals surface area contributed by atoms with Gasteiger partial charge in [-0.15, -0.1) is 29.7 Å². The molecule has 97 heavy (non-hydrogen) atoms. The van der Waals surface area contributed by atoms with E-state index >= 15 is 0 Å². The molecule has 2 aliphatic rings. The van der Waals surface area contributed by atoms with Crippen LogP contribution >= 0.6 is 0 Å². The Hall–Kier alpha value is -9.09. The standard InChI is InChI=1S/C90H85N5O.Pt/c1-85(2,3)56-38-41-91-82(47-56)95-79-35-24-21-32-68(79)69-37-36-63(51-80(69)95)96-62-27-25-26-60(48-62)92-54-93-83-70(55-42-57(86(4,5)6)44-58(43-55)87(7,8)9)45-59(88(10,11)12)46-73(83)72-53-76-75(89(13,14)39-40-90(76,15)16)52-71(72)64-28-17-18-29-65(64)74-49-61(50-81(92)84(74)93)94-77-33-22-19-30-66(77)67-31-20-23-34-78(67)94;/h17-38,41-47,49-50,52-53H,39-40H2,1-16H3;/q-2;. The van der Waals surface area contributed by atoms with Gasteiger partial charge in [-0.05, 0) is 183 Å². The fourth-order valence-electron chi connectivity index (χ4n) is 15.4. The first kappa shape index (κ1) is 63.9. The fraction of sp³-hybridized carbons (Fsp3) is 0.267. The molecule has 0 saturated heterocycles. The Bertz CT molecular complexity index is 5470. The molecule has 0 atom stereocenters. The number of imidazole rings is 1. The maximum Gasteiger partial charge on any atom is 0.268 e. The summed E-state index contributed by atoms with van der Waals surface area (Å²) in [4.78, 5) is 4.98. The Kier molecular flexibility index (Phi) is 14.8. The second-order valence-electron chi connectivity index (χ2n) is 32.8. The van der Waals surface area contributed by atoms with E-state index in [9.17, 15) is 0 Å². The maximum atomic E-state index is 7.07. The minimum absolute atomic E-state index is 0. The van der Waals surface area contributed by atoms with Crippen molar-refractivity contribution >= 4 is 54.6 Å². The molecule has 0 amide bonds. The van der Waals surface area contributed by atoms with Crippen LogP contribution in [-0.2, 0) is 53.6 Å². The Morgan fingerprint density at radius 2 is 0.938 bits per heavy atom. The number of aromatic nitrogens is 5. The van der Waals surface area contributed by atoms with Crippen molar-refractivity contribution in [2.45, 2.75) is 156 Å². The third kappa shape index (κ3) is 10.6. The molecule has 16 rings (SSSR count). The van der Waals surface area contributed by atoms with Gasteiger partial charge in [0.2, 0.25) is 0 Å². The molecule has 7 heteroatoms. The number of hydrogen-bond acceptors (Lipinski definition) is 2. The van der Waals surface area contributed by atoms with E-state index in [0.717, 1.165) is 96.3 Å². The predicted molar refractivity (Wildman–Crippen MR) is 400 cm³/mol. The van der Waals surface area contributed by atoms with E-state index in [1.807, 2.05) is 18.3 Å². The van der Waals surface area contributed by atoms with Crippen molar-refractivity contribution in [3.05, 3.63) is 252 Å². The summed E-state index contributed by atoms with van der Waals surface area (Å²) in [5.74, 6) is 1.97. The van der Waals surface area contributed by atoms with Crippen LogP contribution in [0.1, 0.15) is 157 Å². The second-order valence-corrected chi connectivity index (χ2v) is 32.8. The van der Waals surface area contributed by atoms with Crippen LogP contribution < -0.4 is 9.30 Å². The molecule has 0 saturated carbocycles. The van der Waals surface area contributed by atoms with E-state index in [2.05, 4.69) is 329 Å². The van der Waals surface area contributed by atoms with Gasteiger partial charge in [0.25, 0.3) is 6.33 Å². The molecule has 5 heterocycles. The number of nitrogens with zero attached hydrogens (tertiary/aromatic N) is 5. The Labute approximate surface area is 586 Å². The predicted octanol–water partition coefficient (Wildman–Crippen LogP) is 23.2. The van der Waals surface area contributed by atoms with Crippen LogP contribution in [0.25, 0.3) is 122 Å². The summed E-state index contributed by atoms with van der Waals surface area (Å²) in [6.45, 7) is 37.8. The molecule has 0 fully saturated rings. The summed E-state index contributed by atoms with van der Waals surface area (Å²) in [6, 6.07) is 80.4. The van der Waals surface area contributed by atoms with E-state index < -0.39 is 0 Å². The molecule has 1 aliphatic carbocycles. The summed E-state index contributed by atoms with van der Waals surface area (Å²) in [7, 11) is 0. The Morgan fingerprint density at radius 1 is 0.423 bits per heavy atom. The van der Waals surface area contributed by atoms with E-state index in [1.54, 1.807) is 0 Å². The SMILES string of the molecule is CC(C)(C)c1cc(-c2cc(C(C)(C)C)cc3c2-[n+]2[c-]n(-c4[c-]c(Oc5[c-]c6c(cc5)c5ccccc5n6-c5cc(C(C)(C)C)ccn5)ccc4)c4cc(-n5c6ccccc6c6ccccc65)cc(c42)-c2ccccc2-c2cc4c(cc2-3)C(C)(C)CCC4(C)C)cc(C(C)(C)C)c1.[Pt]. The summed E-state index contributed by atoms with van der Waals surface area (Å²) in [5.41, 5.74) is 25.8. The van der Waals surface area contributed by atoms with Crippen molar-refractivity contribution in [1.82, 2.24) is 18.7 Å². The van der Waals surface area contributed by atoms with Gasteiger partial charge in [-0.25, -0.2) is 4.98 Å². The van der Waals surface area contributed by atoms with Gasteiger partial charge in [0.05, 0.1) is 27.8 Å². The molecule has 10 aromatic carbocycles. The van der Waals surface area contributed by atoms with E-state index in [0.29, 0.717) is 11.5 Å². The number of fused-ring (bicyclic) bond motifs is 14. The third-order valence-corrected chi connectivity index (χ3v) is 21.2. The van der Waals surface area contributed by atoms with Crippen molar-refractivity contribution in [3.8, 4) is 78.9 Å². The van der Waals surface area contributed by atoms with Crippen molar-refractivity contribution in [3.63, 3.8) is 0 Å². The van der Waals surface area contributed by atoms with E-state index in [-0.39, 0.29) is 53.6 Å². The zero-order valence-corrected chi connectivity index (χ0v) is 61.2. The number of benzene rings is 10. The first-order valence-electron chi connectivity index (χ1n) is 34.4. The fourth-order valence-corrected chi connectivity index (χ4v) is 15.4. The summed E-state index contributed by atoms with van der Waals surface area (Å²) in [6.07, 6.45) is 8.38. The summed E-state index contributed by atoms with van der Waals surface area (Å²) >= 11 is 0. The molecular formula is C90H85N5OPt-2. The van der Waals surface area contributed by atoms with Crippen LogP contribution in [0.5, 0.6) is 11.5 Å². The van der Waals surface area contributed by atoms with Gasteiger partial charge in [-0.3, -0.25) is 4.57 Å². The number of ether oxygens (including phenoxy) is 1.